The number of likely N-dealkylation sites (N-methyl/N-ethyl adjacent to an activating group) is 1. The topological polar surface area (TPSA) is 70.8 Å². The number of amides is 1. The lowest BCUT2D eigenvalue weighted by molar-refractivity contribution is 0.0520. The summed E-state index contributed by atoms with van der Waals surface area (Å²) in [6.45, 7) is 12.3. The Morgan fingerprint density at radius 3 is 2.68 bits per heavy atom. The van der Waals surface area contributed by atoms with Crippen LogP contribution < -0.4 is 10.1 Å². The molecule has 0 bridgehead atoms. The molecule has 2 heterocycles. The third-order valence-electron chi connectivity index (χ3n) is 5.45. The van der Waals surface area contributed by atoms with Gasteiger partial charge in [0.15, 0.2) is 11.5 Å². The molecule has 0 unspecified atom stereocenters. The van der Waals surface area contributed by atoms with E-state index in [4.69, 9.17) is 9.26 Å². The first-order chi connectivity index (χ1) is 13.4. The molecular formula is C21H30N4O3. The molecule has 0 saturated carbocycles. The van der Waals surface area contributed by atoms with Crippen LogP contribution in [0.1, 0.15) is 31.3 Å². The fraction of sp³-hybridized carbons (Fsp3) is 0.524. The highest BCUT2D eigenvalue weighted by molar-refractivity contribution is 5.93. The Bertz CT molecular complexity index is 794. The van der Waals surface area contributed by atoms with Gasteiger partial charge in [0.05, 0.1) is 7.11 Å². The van der Waals surface area contributed by atoms with Crippen LogP contribution >= 0.6 is 0 Å². The minimum atomic E-state index is -0.224. The van der Waals surface area contributed by atoms with E-state index >= 15 is 0 Å². The zero-order valence-corrected chi connectivity index (χ0v) is 17.2. The van der Waals surface area contributed by atoms with E-state index in [9.17, 15) is 4.79 Å². The number of ether oxygens (including phenoxy) is 1. The van der Waals surface area contributed by atoms with Crippen molar-refractivity contribution in [1.29, 1.82) is 0 Å². The summed E-state index contributed by atoms with van der Waals surface area (Å²) in [5.41, 5.74) is 0.985. The number of methoxy groups -OCH3 is 1. The van der Waals surface area contributed by atoms with Crippen LogP contribution in [0.5, 0.6) is 5.75 Å². The van der Waals surface area contributed by atoms with Crippen molar-refractivity contribution in [2.75, 3.05) is 46.4 Å². The summed E-state index contributed by atoms with van der Waals surface area (Å²) < 4.78 is 10.6. The number of benzene rings is 1. The summed E-state index contributed by atoms with van der Waals surface area (Å²) in [5.74, 6) is 1.04. The lowest BCUT2D eigenvalue weighted by atomic mass is 10.0. The van der Waals surface area contributed by atoms with Crippen molar-refractivity contribution in [2.45, 2.75) is 26.3 Å². The Kier molecular flexibility index (Phi) is 6.36. The van der Waals surface area contributed by atoms with E-state index < -0.39 is 0 Å². The smallest absolute Gasteiger partial charge is 0.273 e. The van der Waals surface area contributed by atoms with Crippen molar-refractivity contribution < 1.29 is 14.1 Å². The Morgan fingerprint density at radius 1 is 1.25 bits per heavy atom. The number of carbonyl (C=O) groups is 1. The number of nitrogens with zero attached hydrogens (tertiary/aromatic N) is 3. The van der Waals surface area contributed by atoms with E-state index in [1.54, 1.807) is 13.2 Å². The van der Waals surface area contributed by atoms with Crippen LogP contribution in [0.15, 0.2) is 34.9 Å². The number of nitrogens with one attached hydrogen (secondary N) is 1. The highest BCUT2D eigenvalue weighted by Crippen LogP contribution is 2.24. The first-order valence-electron chi connectivity index (χ1n) is 9.79. The van der Waals surface area contributed by atoms with E-state index in [1.807, 2.05) is 24.3 Å². The van der Waals surface area contributed by atoms with Crippen molar-refractivity contribution in [3.63, 3.8) is 0 Å². The number of carbonyl (C=O) groups excluding carboxylic acids is 1. The Hall–Kier alpha value is -2.38. The standard InChI is InChI=1S/C21H30N4O3/c1-5-24-9-11-25(12-10-24)21(2,3)15-22-20(26)18-14-19(28-23-18)16-7-6-8-17(13-16)27-4/h6-8,13-14H,5,9-12,15H2,1-4H3,(H,22,26). The molecule has 152 valence electrons. The molecule has 1 amide bonds. The van der Waals surface area contributed by atoms with Gasteiger partial charge in [-0.3, -0.25) is 9.69 Å². The first-order valence-corrected chi connectivity index (χ1v) is 9.79. The Morgan fingerprint density at radius 2 is 2.00 bits per heavy atom. The zero-order chi connectivity index (χ0) is 20.1. The molecule has 7 nitrogen and oxygen atoms in total. The number of aromatic nitrogens is 1. The third kappa shape index (κ3) is 4.72. The number of rotatable bonds is 7. The van der Waals surface area contributed by atoms with Crippen LogP contribution in [0, 0.1) is 0 Å². The van der Waals surface area contributed by atoms with E-state index in [0.717, 1.165) is 44.0 Å². The molecule has 1 aliphatic heterocycles. The molecule has 0 spiro atoms. The summed E-state index contributed by atoms with van der Waals surface area (Å²) in [6, 6.07) is 9.13. The zero-order valence-electron chi connectivity index (χ0n) is 17.2. The van der Waals surface area contributed by atoms with Crippen LogP contribution in [0.4, 0.5) is 0 Å². The molecule has 1 aliphatic rings. The normalized spacial score (nSPS) is 16.1. The molecule has 0 radical (unpaired) electrons. The molecule has 7 heteroatoms. The van der Waals surface area contributed by atoms with E-state index in [2.05, 4.69) is 41.0 Å². The number of hydrogen-bond acceptors (Lipinski definition) is 6. The van der Waals surface area contributed by atoms with Gasteiger partial charge in [-0.1, -0.05) is 24.2 Å². The van der Waals surface area contributed by atoms with Crippen molar-refractivity contribution >= 4 is 5.91 Å². The predicted molar refractivity (Wildman–Crippen MR) is 109 cm³/mol. The van der Waals surface area contributed by atoms with Crippen LogP contribution in [0.2, 0.25) is 0 Å². The van der Waals surface area contributed by atoms with Crippen molar-refractivity contribution in [2.24, 2.45) is 0 Å². The van der Waals surface area contributed by atoms with Gasteiger partial charge in [-0.05, 0) is 32.5 Å². The first kappa shape index (κ1) is 20.4. The molecule has 3 rings (SSSR count). The largest absolute Gasteiger partial charge is 0.497 e. The predicted octanol–water partition coefficient (Wildman–Crippen LogP) is 2.50. The minimum Gasteiger partial charge on any atom is -0.497 e. The highest BCUT2D eigenvalue weighted by atomic mass is 16.5. The molecule has 2 aromatic rings. The van der Waals surface area contributed by atoms with Gasteiger partial charge in [0.25, 0.3) is 5.91 Å². The van der Waals surface area contributed by atoms with Gasteiger partial charge in [-0.2, -0.15) is 0 Å². The second kappa shape index (κ2) is 8.75. The van der Waals surface area contributed by atoms with Crippen LogP contribution in [0.25, 0.3) is 11.3 Å². The van der Waals surface area contributed by atoms with E-state index in [-0.39, 0.29) is 17.1 Å². The van der Waals surface area contributed by atoms with Crippen molar-refractivity contribution in [3.05, 3.63) is 36.0 Å². The monoisotopic (exact) mass is 386 g/mol. The summed E-state index contributed by atoms with van der Waals surface area (Å²) in [5, 5.41) is 6.94. The Labute approximate surface area is 166 Å². The molecule has 1 aromatic heterocycles. The second-order valence-corrected chi connectivity index (χ2v) is 7.72. The fourth-order valence-electron chi connectivity index (χ4n) is 3.46. The summed E-state index contributed by atoms with van der Waals surface area (Å²) in [6.07, 6.45) is 0. The van der Waals surface area contributed by atoms with Gasteiger partial charge >= 0.3 is 0 Å². The number of piperazine rings is 1. The average Bonchev–Trinajstić information content (AvgIpc) is 3.22. The second-order valence-electron chi connectivity index (χ2n) is 7.72. The molecular weight excluding hydrogens is 356 g/mol. The van der Waals surface area contributed by atoms with Crippen LogP contribution in [0.3, 0.4) is 0 Å². The van der Waals surface area contributed by atoms with Gasteiger partial charge in [0.1, 0.15) is 5.75 Å². The molecule has 0 atom stereocenters. The fourth-order valence-corrected chi connectivity index (χ4v) is 3.46. The maximum Gasteiger partial charge on any atom is 0.273 e. The third-order valence-corrected chi connectivity index (χ3v) is 5.45. The lowest BCUT2D eigenvalue weighted by Gasteiger charge is -2.44. The molecule has 1 N–H and O–H groups in total. The summed E-state index contributed by atoms with van der Waals surface area (Å²) in [4.78, 5) is 17.4. The Balaban J connectivity index is 1.58. The molecule has 1 fully saturated rings. The van der Waals surface area contributed by atoms with Gasteiger partial charge in [0.2, 0.25) is 0 Å². The van der Waals surface area contributed by atoms with Gasteiger partial charge in [-0.25, -0.2) is 0 Å². The summed E-state index contributed by atoms with van der Waals surface area (Å²) in [7, 11) is 1.61. The molecule has 1 saturated heterocycles. The van der Waals surface area contributed by atoms with Gasteiger partial charge in [-0.15, -0.1) is 0 Å². The lowest BCUT2D eigenvalue weighted by Crippen LogP contribution is -2.58. The van der Waals surface area contributed by atoms with Gasteiger partial charge in [0, 0.05) is 49.9 Å². The molecule has 28 heavy (non-hydrogen) atoms. The summed E-state index contributed by atoms with van der Waals surface area (Å²) >= 11 is 0. The van der Waals surface area contributed by atoms with E-state index in [0.29, 0.717) is 12.3 Å². The maximum absolute atomic E-state index is 12.6. The molecule has 1 aromatic carbocycles. The quantitative estimate of drug-likeness (QED) is 0.788. The van der Waals surface area contributed by atoms with Gasteiger partial charge < -0.3 is 19.5 Å². The van der Waals surface area contributed by atoms with Crippen LogP contribution in [-0.2, 0) is 0 Å². The van der Waals surface area contributed by atoms with Crippen LogP contribution in [-0.4, -0.2) is 72.8 Å². The van der Waals surface area contributed by atoms with Crippen molar-refractivity contribution in [3.8, 4) is 17.1 Å². The van der Waals surface area contributed by atoms with E-state index in [1.165, 1.54) is 0 Å². The number of hydrogen-bond donors (Lipinski definition) is 1. The van der Waals surface area contributed by atoms with Crippen molar-refractivity contribution in [1.82, 2.24) is 20.3 Å². The maximum atomic E-state index is 12.6. The SMILES string of the molecule is CCN1CCN(C(C)(C)CNC(=O)c2cc(-c3cccc(OC)c3)on2)CC1. The minimum absolute atomic E-state index is 0.116. The highest BCUT2D eigenvalue weighted by Gasteiger charge is 2.30. The average molecular weight is 386 g/mol. The molecule has 0 aliphatic carbocycles.